The molecule has 0 radical (unpaired) electrons. The monoisotopic (exact) mass is 284 g/mol. The van der Waals surface area contributed by atoms with E-state index in [9.17, 15) is 4.79 Å². The van der Waals surface area contributed by atoms with Gasteiger partial charge in [-0.15, -0.1) is 0 Å². The first-order valence-electron chi connectivity index (χ1n) is 6.18. The predicted octanol–water partition coefficient (Wildman–Crippen LogP) is 0.833. The zero-order chi connectivity index (χ0) is 14.7. The standard InChI is InChI=1S/C13H12N6O2/c14-18-11-5-9(8-3-1-2-4-10(8)17-11)13(20)15-6-12-16-7-21-19-12/h1-5,7H,6,14H2,(H,15,20)(H,17,18). The highest BCUT2D eigenvalue weighted by Gasteiger charge is 2.13. The molecule has 2 heterocycles. The molecule has 0 fully saturated rings. The predicted molar refractivity (Wildman–Crippen MR) is 75.0 cm³/mol. The summed E-state index contributed by atoms with van der Waals surface area (Å²) < 4.78 is 4.61. The van der Waals surface area contributed by atoms with Gasteiger partial charge in [0, 0.05) is 5.39 Å². The maximum atomic E-state index is 12.3. The fraction of sp³-hybridized carbons (Fsp3) is 0.0769. The number of carbonyl (C=O) groups is 1. The van der Waals surface area contributed by atoms with Crippen LogP contribution in [0.5, 0.6) is 0 Å². The largest absolute Gasteiger partial charge is 0.345 e. The summed E-state index contributed by atoms with van der Waals surface area (Å²) in [6.45, 7) is 0.178. The van der Waals surface area contributed by atoms with Crippen molar-refractivity contribution in [2.24, 2.45) is 5.84 Å². The van der Waals surface area contributed by atoms with Crippen LogP contribution < -0.4 is 16.6 Å². The fourth-order valence-corrected chi connectivity index (χ4v) is 1.96. The average molecular weight is 284 g/mol. The number of amides is 1. The van der Waals surface area contributed by atoms with Crippen LogP contribution in [0.1, 0.15) is 16.2 Å². The topological polar surface area (TPSA) is 119 Å². The average Bonchev–Trinajstić information content (AvgIpc) is 3.05. The van der Waals surface area contributed by atoms with Gasteiger partial charge in [0.2, 0.25) is 6.39 Å². The van der Waals surface area contributed by atoms with Gasteiger partial charge >= 0.3 is 0 Å². The minimum atomic E-state index is -0.269. The van der Waals surface area contributed by atoms with Crippen molar-refractivity contribution in [2.75, 3.05) is 5.43 Å². The molecule has 0 saturated carbocycles. The highest BCUT2D eigenvalue weighted by atomic mass is 16.5. The van der Waals surface area contributed by atoms with Crippen LogP contribution in [0.25, 0.3) is 10.9 Å². The van der Waals surface area contributed by atoms with Gasteiger partial charge in [-0.1, -0.05) is 23.4 Å². The molecule has 1 amide bonds. The third-order valence-electron chi connectivity index (χ3n) is 2.92. The third-order valence-corrected chi connectivity index (χ3v) is 2.92. The molecule has 0 unspecified atom stereocenters. The molecule has 0 aliphatic rings. The molecule has 2 aromatic heterocycles. The second-order valence-corrected chi connectivity index (χ2v) is 4.25. The second kappa shape index (κ2) is 5.55. The molecule has 4 N–H and O–H groups in total. The Hall–Kier alpha value is -3.00. The van der Waals surface area contributed by atoms with Crippen molar-refractivity contribution in [3.63, 3.8) is 0 Å². The Morgan fingerprint density at radius 3 is 2.95 bits per heavy atom. The lowest BCUT2D eigenvalue weighted by Crippen LogP contribution is -2.24. The van der Waals surface area contributed by atoms with Crippen LogP contribution in [0.15, 0.2) is 41.2 Å². The number of nitrogen functional groups attached to an aromatic ring is 1. The number of nitrogens with zero attached hydrogens (tertiary/aromatic N) is 3. The molecule has 0 aliphatic carbocycles. The molecule has 0 bridgehead atoms. The van der Waals surface area contributed by atoms with Crippen molar-refractivity contribution >= 4 is 22.6 Å². The number of para-hydroxylation sites is 1. The lowest BCUT2D eigenvalue weighted by atomic mass is 10.1. The van der Waals surface area contributed by atoms with Crippen LogP contribution in [0.4, 0.5) is 5.82 Å². The molecule has 3 rings (SSSR count). The lowest BCUT2D eigenvalue weighted by molar-refractivity contribution is 0.0951. The van der Waals surface area contributed by atoms with Crippen molar-refractivity contribution in [1.29, 1.82) is 0 Å². The molecule has 0 spiro atoms. The van der Waals surface area contributed by atoms with Crippen LogP contribution in [0.2, 0.25) is 0 Å². The number of fused-ring (bicyclic) bond motifs is 1. The normalized spacial score (nSPS) is 10.5. The van der Waals surface area contributed by atoms with Gasteiger partial charge in [0.25, 0.3) is 5.91 Å². The Morgan fingerprint density at radius 1 is 1.33 bits per heavy atom. The second-order valence-electron chi connectivity index (χ2n) is 4.25. The van der Waals surface area contributed by atoms with Crippen molar-refractivity contribution in [3.8, 4) is 0 Å². The lowest BCUT2D eigenvalue weighted by Gasteiger charge is -2.09. The molecule has 21 heavy (non-hydrogen) atoms. The summed E-state index contributed by atoms with van der Waals surface area (Å²) >= 11 is 0. The van der Waals surface area contributed by atoms with Crippen LogP contribution in [0.3, 0.4) is 0 Å². The van der Waals surface area contributed by atoms with Gasteiger partial charge in [-0.05, 0) is 12.1 Å². The minimum Gasteiger partial charge on any atom is -0.345 e. The van der Waals surface area contributed by atoms with Gasteiger partial charge in [0.05, 0.1) is 17.6 Å². The fourth-order valence-electron chi connectivity index (χ4n) is 1.96. The van der Waals surface area contributed by atoms with Gasteiger partial charge < -0.3 is 15.3 Å². The number of carbonyl (C=O) groups excluding carboxylic acids is 1. The van der Waals surface area contributed by atoms with E-state index in [1.54, 1.807) is 6.07 Å². The molecule has 0 atom stereocenters. The summed E-state index contributed by atoms with van der Waals surface area (Å²) in [6.07, 6.45) is 1.21. The molecule has 3 aromatic rings. The Labute approximate surface area is 119 Å². The van der Waals surface area contributed by atoms with E-state index in [0.717, 1.165) is 5.39 Å². The number of nitrogens with two attached hydrogens (primary N) is 1. The number of anilines is 1. The van der Waals surface area contributed by atoms with E-state index >= 15 is 0 Å². The Bertz CT molecular complexity index is 771. The number of benzene rings is 1. The zero-order valence-corrected chi connectivity index (χ0v) is 10.9. The van der Waals surface area contributed by atoms with E-state index in [2.05, 4.69) is 30.4 Å². The minimum absolute atomic E-state index is 0.178. The van der Waals surface area contributed by atoms with Crippen LogP contribution in [-0.2, 0) is 6.54 Å². The van der Waals surface area contributed by atoms with Crippen molar-refractivity contribution < 1.29 is 9.32 Å². The number of aromatic nitrogens is 3. The van der Waals surface area contributed by atoms with E-state index in [4.69, 9.17) is 5.84 Å². The van der Waals surface area contributed by atoms with E-state index in [1.165, 1.54) is 6.39 Å². The van der Waals surface area contributed by atoms with Crippen LogP contribution >= 0.6 is 0 Å². The van der Waals surface area contributed by atoms with E-state index in [-0.39, 0.29) is 12.5 Å². The molecule has 1 aromatic carbocycles. The summed E-state index contributed by atoms with van der Waals surface area (Å²) in [4.78, 5) is 20.5. The first-order chi connectivity index (χ1) is 10.3. The summed E-state index contributed by atoms with van der Waals surface area (Å²) in [5.41, 5.74) is 3.60. The summed E-state index contributed by atoms with van der Waals surface area (Å²) in [6, 6.07) is 8.91. The molecule has 106 valence electrons. The molecular weight excluding hydrogens is 272 g/mol. The van der Waals surface area contributed by atoms with Crippen molar-refractivity contribution in [2.45, 2.75) is 6.54 Å². The first kappa shape index (κ1) is 13.0. The number of hydrazine groups is 1. The Balaban J connectivity index is 1.92. The van der Waals surface area contributed by atoms with Gasteiger partial charge in [0.1, 0.15) is 5.82 Å². The van der Waals surface area contributed by atoms with Crippen molar-refractivity contribution in [3.05, 3.63) is 48.1 Å². The number of pyridine rings is 1. The zero-order valence-electron chi connectivity index (χ0n) is 10.9. The number of hydrogen-bond donors (Lipinski definition) is 3. The maximum Gasteiger partial charge on any atom is 0.252 e. The van der Waals surface area contributed by atoms with E-state index < -0.39 is 0 Å². The van der Waals surface area contributed by atoms with Gasteiger partial charge in [-0.3, -0.25) is 4.79 Å². The summed E-state index contributed by atoms with van der Waals surface area (Å²) in [5.74, 6) is 5.93. The van der Waals surface area contributed by atoms with Crippen molar-refractivity contribution in [1.82, 2.24) is 20.4 Å². The molecule has 0 saturated heterocycles. The number of hydrogen-bond acceptors (Lipinski definition) is 7. The highest BCUT2D eigenvalue weighted by molar-refractivity contribution is 6.06. The number of rotatable bonds is 4. The smallest absolute Gasteiger partial charge is 0.252 e. The first-order valence-corrected chi connectivity index (χ1v) is 6.18. The van der Waals surface area contributed by atoms with Crippen LogP contribution in [0, 0.1) is 0 Å². The van der Waals surface area contributed by atoms with Gasteiger partial charge in [-0.2, -0.15) is 4.98 Å². The molecular formula is C13H12N6O2. The van der Waals surface area contributed by atoms with Gasteiger partial charge in [-0.25, -0.2) is 10.8 Å². The molecule has 0 aliphatic heterocycles. The quantitative estimate of drug-likeness (QED) is 0.479. The molecule has 8 heteroatoms. The Kier molecular flexibility index (Phi) is 3.44. The molecule has 8 nitrogen and oxygen atoms in total. The van der Waals surface area contributed by atoms with E-state index in [0.29, 0.717) is 22.7 Å². The maximum absolute atomic E-state index is 12.3. The van der Waals surface area contributed by atoms with E-state index in [1.807, 2.05) is 24.3 Å². The Morgan fingerprint density at radius 2 is 2.19 bits per heavy atom. The van der Waals surface area contributed by atoms with Crippen LogP contribution in [-0.4, -0.2) is 21.0 Å². The summed E-state index contributed by atoms with van der Waals surface area (Å²) in [7, 11) is 0. The summed E-state index contributed by atoms with van der Waals surface area (Å²) in [5, 5.41) is 7.09. The SMILES string of the molecule is NNc1cc(C(=O)NCc2ncon2)c2ccccc2n1. The number of nitrogens with one attached hydrogen (secondary N) is 2. The van der Waals surface area contributed by atoms with Gasteiger partial charge in [0.15, 0.2) is 5.82 Å². The highest BCUT2D eigenvalue weighted by Crippen LogP contribution is 2.20. The third kappa shape index (κ3) is 2.65.